The molecule has 0 amide bonds. The van der Waals surface area contributed by atoms with Crippen LogP contribution in [0.25, 0.3) is 0 Å². The van der Waals surface area contributed by atoms with E-state index in [1.54, 1.807) is 42.5 Å². The Morgan fingerprint density at radius 1 is 1.09 bits per heavy atom. The van der Waals surface area contributed by atoms with Gasteiger partial charge in [-0.3, -0.25) is 0 Å². The minimum atomic E-state index is -0.651. The van der Waals surface area contributed by atoms with Crippen molar-refractivity contribution in [3.63, 3.8) is 0 Å². The highest BCUT2D eigenvalue weighted by atomic mass is 35.5. The van der Waals surface area contributed by atoms with Crippen LogP contribution in [0.15, 0.2) is 42.5 Å². The van der Waals surface area contributed by atoms with Crippen molar-refractivity contribution in [2.45, 2.75) is 52.7 Å². The van der Waals surface area contributed by atoms with Crippen molar-refractivity contribution < 1.29 is 23.8 Å². The number of benzene rings is 2. The number of ether oxygens (including phenoxy) is 3. The fourth-order valence-electron chi connectivity index (χ4n) is 4.21. The van der Waals surface area contributed by atoms with Crippen molar-refractivity contribution in [2.75, 3.05) is 6.61 Å². The molecule has 0 aliphatic heterocycles. The third-order valence-electron chi connectivity index (χ3n) is 6.07. The van der Waals surface area contributed by atoms with Gasteiger partial charge in [-0.2, -0.15) is 0 Å². The van der Waals surface area contributed by atoms with Crippen LogP contribution in [0.3, 0.4) is 0 Å². The summed E-state index contributed by atoms with van der Waals surface area (Å²) >= 11 is 12.1. The van der Waals surface area contributed by atoms with Gasteiger partial charge in [0.1, 0.15) is 24.0 Å². The first-order valence-corrected chi connectivity index (χ1v) is 12.0. The molecular weight excluding hydrogens is 463 g/mol. The minimum Gasteiger partial charge on any atom is -0.488 e. The van der Waals surface area contributed by atoms with Crippen LogP contribution < -0.4 is 4.74 Å². The summed E-state index contributed by atoms with van der Waals surface area (Å²) in [4.78, 5) is 25.1. The van der Waals surface area contributed by atoms with Crippen molar-refractivity contribution in [1.82, 2.24) is 0 Å². The maximum Gasteiger partial charge on any atom is 0.344 e. The molecule has 0 unspecified atom stereocenters. The molecule has 0 N–H and O–H groups in total. The Morgan fingerprint density at radius 3 is 2.58 bits per heavy atom. The summed E-state index contributed by atoms with van der Waals surface area (Å²) < 4.78 is 16.8. The van der Waals surface area contributed by atoms with E-state index in [-0.39, 0.29) is 18.3 Å². The molecule has 1 fully saturated rings. The highest BCUT2D eigenvalue weighted by Crippen LogP contribution is 2.35. The number of carbonyl (C=O) groups excluding carboxylic acids is 2. The van der Waals surface area contributed by atoms with E-state index in [0.717, 1.165) is 24.8 Å². The number of esters is 2. The number of halogens is 2. The van der Waals surface area contributed by atoms with Crippen molar-refractivity contribution in [3.8, 4) is 5.75 Å². The molecule has 0 saturated heterocycles. The Hall–Kier alpha value is -2.24. The van der Waals surface area contributed by atoms with Crippen LogP contribution in [-0.4, -0.2) is 24.6 Å². The average Bonchev–Trinajstić information content (AvgIpc) is 2.77. The fourth-order valence-corrected chi connectivity index (χ4v) is 4.67. The predicted molar refractivity (Wildman–Crippen MR) is 129 cm³/mol. The zero-order chi connectivity index (χ0) is 24.0. The van der Waals surface area contributed by atoms with Gasteiger partial charge in [-0.05, 0) is 54.9 Å². The van der Waals surface area contributed by atoms with E-state index >= 15 is 0 Å². The highest BCUT2D eigenvalue weighted by molar-refractivity contribution is 6.35. The normalized spacial score (nSPS) is 20.4. The molecule has 2 aromatic rings. The van der Waals surface area contributed by atoms with Crippen molar-refractivity contribution >= 4 is 35.1 Å². The Balaban J connectivity index is 1.57. The van der Waals surface area contributed by atoms with Crippen molar-refractivity contribution in [2.24, 2.45) is 17.8 Å². The minimum absolute atomic E-state index is 0.139. The molecule has 1 saturated carbocycles. The van der Waals surface area contributed by atoms with E-state index in [1.165, 1.54) is 0 Å². The maximum absolute atomic E-state index is 12.7. The van der Waals surface area contributed by atoms with Gasteiger partial charge >= 0.3 is 11.9 Å². The van der Waals surface area contributed by atoms with Gasteiger partial charge in [0.05, 0.1) is 0 Å². The van der Waals surface area contributed by atoms with E-state index in [4.69, 9.17) is 37.4 Å². The summed E-state index contributed by atoms with van der Waals surface area (Å²) in [5, 5.41) is 1.00. The molecule has 7 heteroatoms. The number of hydrogen-bond acceptors (Lipinski definition) is 5. The van der Waals surface area contributed by atoms with Gasteiger partial charge in [0, 0.05) is 15.6 Å². The van der Waals surface area contributed by atoms with Crippen LogP contribution in [-0.2, 0) is 20.9 Å². The molecule has 0 spiro atoms. The topological polar surface area (TPSA) is 61.8 Å². The number of para-hydroxylation sites is 1. The fraction of sp³-hybridized carbons (Fsp3) is 0.462. The Bertz CT molecular complexity index is 975. The molecule has 0 bridgehead atoms. The molecule has 0 radical (unpaired) electrons. The summed E-state index contributed by atoms with van der Waals surface area (Å²) in [6.07, 6.45) is 2.88. The lowest BCUT2D eigenvalue weighted by molar-refractivity contribution is -0.159. The van der Waals surface area contributed by atoms with Crippen LogP contribution in [0.2, 0.25) is 10.0 Å². The van der Waals surface area contributed by atoms with Crippen LogP contribution in [0, 0.1) is 17.8 Å². The number of carbonyl (C=O) groups is 2. The van der Waals surface area contributed by atoms with E-state index < -0.39 is 18.5 Å². The van der Waals surface area contributed by atoms with Crippen LogP contribution in [0.1, 0.15) is 56.0 Å². The molecule has 3 rings (SSSR count). The summed E-state index contributed by atoms with van der Waals surface area (Å²) in [5.41, 5.74) is 0.955. The van der Waals surface area contributed by atoms with Gasteiger partial charge < -0.3 is 14.2 Å². The Kier molecular flexibility index (Phi) is 9.04. The van der Waals surface area contributed by atoms with E-state index in [1.807, 2.05) is 0 Å². The monoisotopic (exact) mass is 492 g/mol. The zero-order valence-electron chi connectivity index (χ0n) is 19.2. The first-order valence-electron chi connectivity index (χ1n) is 11.3. The van der Waals surface area contributed by atoms with Gasteiger partial charge in [-0.15, -0.1) is 0 Å². The third-order valence-corrected chi connectivity index (χ3v) is 6.66. The van der Waals surface area contributed by atoms with Crippen LogP contribution in [0.4, 0.5) is 0 Å². The van der Waals surface area contributed by atoms with E-state index in [0.29, 0.717) is 33.5 Å². The van der Waals surface area contributed by atoms with E-state index in [9.17, 15) is 9.59 Å². The molecule has 2 aromatic carbocycles. The largest absolute Gasteiger partial charge is 0.488 e. The second kappa shape index (κ2) is 11.8. The summed E-state index contributed by atoms with van der Waals surface area (Å²) in [6.45, 7) is 6.18. The molecule has 1 aliphatic carbocycles. The lowest BCUT2D eigenvalue weighted by Gasteiger charge is -2.36. The molecule has 5 nitrogen and oxygen atoms in total. The zero-order valence-corrected chi connectivity index (χ0v) is 20.7. The quantitative estimate of drug-likeness (QED) is 0.382. The van der Waals surface area contributed by atoms with Gasteiger partial charge in [-0.25, -0.2) is 9.59 Å². The highest BCUT2D eigenvalue weighted by Gasteiger charge is 2.33. The molecule has 178 valence electrons. The van der Waals surface area contributed by atoms with Crippen molar-refractivity contribution in [1.29, 1.82) is 0 Å². The predicted octanol–water partition coefficient (Wildman–Crippen LogP) is 6.73. The molecular formula is C26H30Cl2O5. The molecule has 33 heavy (non-hydrogen) atoms. The van der Waals surface area contributed by atoms with Crippen molar-refractivity contribution in [3.05, 3.63) is 63.6 Å². The molecule has 0 heterocycles. The van der Waals surface area contributed by atoms with E-state index in [2.05, 4.69) is 20.8 Å². The second-order valence-corrected chi connectivity index (χ2v) is 9.79. The number of rotatable bonds is 8. The summed E-state index contributed by atoms with van der Waals surface area (Å²) in [6, 6.07) is 11.8. The molecule has 3 atom stereocenters. The second-order valence-electron chi connectivity index (χ2n) is 8.95. The summed E-state index contributed by atoms with van der Waals surface area (Å²) in [5.74, 6) is 0.425. The van der Waals surface area contributed by atoms with Gasteiger partial charge in [0.15, 0.2) is 6.61 Å². The first-order chi connectivity index (χ1) is 15.7. The maximum atomic E-state index is 12.7. The molecule has 0 aromatic heterocycles. The Labute approximate surface area is 205 Å². The van der Waals surface area contributed by atoms with Gasteiger partial charge in [0.25, 0.3) is 0 Å². The van der Waals surface area contributed by atoms with Crippen LogP contribution in [0.5, 0.6) is 5.75 Å². The first kappa shape index (κ1) is 25.4. The van der Waals surface area contributed by atoms with Gasteiger partial charge in [-0.1, -0.05) is 68.6 Å². The average molecular weight is 493 g/mol. The Morgan fingerprint density at radius 2 is 1.85 bits per heavy atom. The lowest BCUT2D eigenvalue weighted by Crippen LogP contribution is -2.36. The van der Waals surface area contributed by atoms with Crippen LogP contribution >= 0.6 is 23.2 Å². The SMILES string of the molecule is CC(C)[C@H]1CC[C@@H](C)C[C@H]1OC(=O)COC(=O)c1ccccc1OCc1ccc(Cl)cc1Cl. The lowest BCUT2D eigenvalue weighted by atomic mass is 9.75. The standard InChI is InChI=1S/C26H30Cl2O5/c1-16(2)20-11-8-17(3)12-24(20)33-25(29)15-32-26(30)21-6-4-5-7-23(21)31-14-18-9-10-19(27)13-22(18)28/h4-7,9-10,13,16-17,20,24H,8,11-12,14-15H2,1-3H3/t17-,20-,24-/m1/s1. The van der Waals surface area contributed by atoms with Gasteiger partial charge in [0.2, 0.25) is 0 Å². The number of hydrogen-bond donors (Lipinski definition) is 0. The third kappa shape index (κ3) is 7.12. The smallest absolute Gasteiger partial charge is 0.344 e. The summed E-state index contributed by atoms with van der Waals surface area (Å²) in [7, 11) is 0. The molecule has 1 aliphatic rings.